The topological polar surface area (TPSA) is 107 Å². The van der Waals surface area contributed by atoms with E-state index in [1.54, 1.807) is 31.4 Å². The van der Waals surface area contributed by atoms with Crippen LogP contribution in [-0.2, 0) is 0 Å². The molecule has 7 heteroatoms. The van der Waals surface area contributed by atoms with E-state index in [1.807, 2.05) is 31.2 Å². The molecule has 29 heavy (non-hydrogen) atoms. The molecule has 1 aromatic heterocycles. The quantitative estimate of drug-likeness (QED) is 0.395. The lowest BCUT2D eigenvalue weighted by molar-refractivity contribution is 0.0880. The Morgan fingerprint density at radius 2 is 1.83 bits per heavy atom. The van der Waals surface area contributed by atoms with E-state index in [1.165, 1.54) is 6.21 Å². The molecule has 0 bridgehead atoms. The van der Waals surface area contributed by atoms with Crippen molar-refractivity contribution in [2.24, 2.45) is 0 Å². The summed E-state index contributed by atoms with van der Waals surface area (Å²) >= 11 is 0. The van der Waals surface area contributed by atoms with Crippen molar-refractivity contribution in [2.45, 2.75) is 6.92 Å². The van der Waals surface area contributed by atoms with Crippen LogP contribution in [0.4, 0.5) is 17.1 Å². The average Bonchev–Trinajstić information content (AvgIpc) is 3.02. The maximum Gasteiger partial charge on any atom is 0.261 e. The van der Waals surface area contributed by atoms with Gasteiger partial charge >= 0.3 is 0 Å². The van der Waals surface area contributed by atoms with Crippen LogP contribution in [0.25, 0.3) is 11.1 Å². The molecule has 0 unspecified atom stereocenters. The number of aryl methyl sites for hydroxylation is 1. The minimum atomic E-state index is -0.423. The summed E-state index contributed by atoms with van der Waals surface area (Å²) in [6, 6.07) is 12.8. The molecular weight excluding hydrogens is 366 g/mol. The Hall–Kier alpha value is -4.00. The molecule has 1 aliphatic rings. The summed E-state index contributed by atoms with van der Waals surface area (Å²) in [5.41, 5.74) is 6.12. The van der Waals surface area contributed by atoms with Crippen LogP contribution in [-0.4, -0.2) is 30.1 Å². The Kier molecular flexibility index (Phi) is 4.56. The van der Waals surface area contributed by atoms with Gasteiger partial charge < -0.3 is 16.0 Å². The van der Waals surface area contributed by atoms with Gasteiger partial charge in [0.25, 0.3) is 11.8 Å². The highest BCUT2D eigenvalue weighted by molar-refractivity contribution is 6.24. The minimum Gasteiger partial charge on any atom is -0.388 e. The first-order valence-electron chi connectivity index (χ1n) is 9.07. The Labute approximate surface area is 167 Å². The van der Waals surface area contributed by atoms with Gasteiger partial charge in [-0.1, -0.05) is 6.07 Å². The largest absolute Gasteiger partial charge is 0.388 e. The number of rotatable bonds is 5. The van der Waals surface area contributed by atoms with Crippen LogP contribution in [0.5, 0.6) is 0 Å². The Morgan fingerprint density at radius 1 is 1.00 bits per heavy atom. The van der Waals surface area contributed by atoms with Crippen LogP contribution >= 0.6 is 0 Å². The molecule has 0 aliphatic carbocycles. The number of benzene rings is 2. The minimum absolute atomic E-state index is 0.323. The van der Waals surface area contributed by atoms with Crippen molar-refractivity contribution in [2.75, 3.05) is 17.7 Å². The zero-order valence-electron chi connectivity index (χ0n) is 16.0. The Bertz CT molecular complexity index is 1170. The van der Waals surface area contributed by atoms with Gasteiger partial charge in [-0.05, 0) is 48.9 Å². The van der Waals surface area contributed by atoms with Gasteiger partial charge in [-0.3, -0.25) is 19.9 Å². The third-order valence-corrected chi connectivity index (χ3v) is 4.85. The molecule has 0 saturated heterocycles. The fourth-order valence-corrected chi connectivity index (χ4v) is 3.48. The number of carbonyl (C=O) groups excluding carboxylic acids is 2. The summed E-state index contributed by atoms with van der Waals surface area (Å²) < 4.78 is 0. The molecule has 0 saturated carbocycles. The van der Waals surface area contributed by atoms with Gasteiger partial charge in [-0.25, -0.2) is 0 Å². The highest BCUT2D eigenvalue weighted by Crippen LogP contribution is 2.36. The molecule has 2 heterocycles. The predicted molar refractivity (Wildman–Crippen MR) is 113 cm³/mol. The molecule has 4 rings (SSSR count). The molecular formula is C22H19N5O2. The van der Waals surface area contributed by atoms with E-state index >= 15 is 0 Å². The lowest BCUT2D eigenvalue weighted by Crippen LogP contribution is -2.20. The number of hydrogen-bond donors (Lipinski definition) is 4. The van der Waals surface area contributed by atoms with E-state index in [0.29, 0.717) is 28.1 Å². The van der Waals surface area contributed by atoms with E-state index < -0.39 is 11.8 Å². The predicted octanol–water partition coefficient (Wildman–Crippen LogP) is 3.72. The fourth-order valence-electron chi connectivity index (χ4n) is 3.48. The molecule has 1 aliphatic heterocycles. The van der Waals surface area contributed by atoms with Crippen molar-refractivity contribution in [1.82, 2.24) is 10.3 Å². The van der Waals surface area contributed by atoms with Crippen LogP contribution in [0.2, 0.25) is 0 Å². The first-order chi connectivity index (χ1) is 14.0. The number of carbonyl (C=O) groups is 2. The lowest BCUT2D eigenvalue weighted by Gasteiger charge is -2.17. The Balaban J connectivity index is 1.89. The fraction of sp³-hybridized carbons (Fsp3) is 0.0909. The first kappa shape index (κ1) is 18.4. The van der Waals surface area contributed by atoms with Gasteiger partial charge in [0, 0.05) is 47.7 Å². The van der Waals surface area contributed by atoms with Crippen molar-refractivity contribution in [3.8, 4) is 11.1 Å². The summed E-state index contributed by atoms with van der Waals surface area (Å²) in [7, 11) is 1.80. The van der Waals surface area contributed by atoms with E-state index in [9.17, 15) is 9.59 Å². The molecule has 7 nitrogen and oxygen atoms in total. The number of nitrogens with zero attached hydrogens (tertiary/aromatic N) is 1. The third-order valence-electron chi connectivity index (χ3n) is 4.85. The third kappa shape index (κ3) is 3.23. The molecule has 2 aromatic carbocycles. The molecule has 0 atom stereocenters. The van der Waals surface area contributed by atoms with Gasteiger partial charge in [0.15, 0.2) is 0 Å². The van der Waals surface area contributed by atoms with Gasteiger partial charge in [0.1, 0.15) is 0 Å². The van der Waals surface area contributed by atoms with E-state index in [-0.39, 0.29) is 0 Å². The smallest absolute Gasteiger partial charge is 0.261 e. The van der Waals surface area contributed by atoms with Gasteiger partial charge in [-0.2, -0.15) is 0 Å². The lowest BCUT2D eigenvalue weighted by atomic mass is 9.99. The first-order valence-corrected chi connectivity index (χ1v) is 9.07. The van der Waals surface area contributed by atoms with Crippen LogP contribution in [0, 0.1) is 12.3 Å². The molecule has 0 spiro atoms. The number of anilines is 3. The van der Waals surface area contributed by atoms with Crippen LogP contribution in [0.3, 0.4) is 0 Å². The summed E-state index contributed by atoms with van der Waals surface area (Å²) in [5, 5.41) is 16.5. The summed E-state index contributed by atoms with van der Waals surface area (Å²) in [5.74, 6) is -0.821. The number of pyridine rings is 1. The van der Waals surface area contributed by atoms with Crippen molar-refractivity contribution in [1.29, 1.82) is 5.41 Å². The van der Waals surface area contributed by atoms with Gasteiger partial charge in [0.05, 0.1) is 16.8 Å². The number of nitrogens with one attached hydrogen (secondary N) is 4. The molecule has 3 aromatic rings. The molecule has 0 radical (unpaired) electrons. The molecule has 0 fully saturated rings. The maximum absolute atomic E-state index is 12.3. The average molecular weight is 385 g/mol. The zero-order valence-corrected chi connectivity index (χ0v) is 16.0. The summed E-state index contributed by atoms with van der Waals surface area (Å²) in [6.07, 6.45) is 3.01. The highest BCUT2D eigenvalue weighted by atomic mass is 16.2. The number of hydrogen-bond acceptors (Lipinski definition) is 6. The molecule has 4 N–H and O–H groups in total. The van der Waals surface area contributed by atoms with Crippen molar-refractivity contribution in [3.63, 3.8) is 0 Å². The van der Waals surface area contributed by atoms with Crippen LogP contribution in [0.1, 0.15) is 32.0 Å². The Morgan fingerprint density at radius 3 is 2.55 bits per heavy atom. The number of amides is 2. The SMILES string of the molecule is CNc1cc(-c2ccnc(C)c2)c(Nc2cccc3c2C(=O)NC3=O)cc1C=N. The maximum atomic E-state index is 12.3. The highest BCUT2D eigenvalue weighted by Gasteiger charge is 2.29. The zero-order chi connectivity index (χ0) is 20.5. The molecule has 2 amide bonds. The summed E-state index contributed by atoms with van der Waals surface area (Å²) in [4.78, 5) is 28.5. The van der Waals surface area contributed by atoms with E-state index in [4.69, 9.17) is 5.41 Å². The second-order valence-corrected chi connectivity index (χ2v) is 6.70. The van der Waals surface area contributed by atoms with Crippen LogP contribution < -0.4 is 16.0 Å². The normalized spacial score (nSPS) is 12.3. The van der Waals surface area contributed by atoms with Crippen molar-refractivity contribution < 1.29 is 9.59 Å². The number of imide groups is 1. The van der Waals surface area contributed by atoms with E-state index in [0.717, 1.165) is 22.5 Å². The summed E-state index contributed by atoms with van der Waals surface area (Å²) in [6.45, 7) is 1.92. The second kappa shape index (κ2) is 7.20. The second-order valence-electron chi connectivity index (χ2n) is 6.70. The van der Waals surface area contributed by atoms with Crippen molar-refractivity contribution >= 4 is 35.1 Å². The number of aromatic nitrogens is 1. The van der Waals surface area contributed by atoms with Gasteiger partial charge in [0.2, 0.25) is 0 Å². The van der Waals surface area contributed by atoms with Crippen molar-refractivity contribution in [3.05, 3.63) is 71.0 Å². The van der Waals surface area contributed by atoms with Gasteiger partial charge in [-0.15, -0.1) is 0 Å². The van der Waals surface area contributed by atoms with E-state index in [2.05, 4.69) is 20.9 Å². The monoisotopic (exact) mass is 385 g/mol. The standard InChI is InChI=1S/C22H19N5O2/c1-12-8-13(6-7-25-12)16-10-18(24-2)14(11-23)9-19(16)26-17-5-3-4-15-20(17)22(29)27-21(15)28/h3-11,23-24,26H,1-2H3,(H,27,28,29). The molecule has 144 valence electrons. The number of fused-ring (bicyclic) bond motifs is 1. The van der Waals surface area contributed by atoms with Crippen LogP contribution in [0.15, 0.2) is 48.7 Å².